The van der Waals surface area contributed by atoms with Gasteiger partial charge in [-0.15, -0.1) is 0 Å². The lowest BCUT2D eigenvalue weighted by atomic mass is 9.88. The van der Waals surface area contributed by atoms with Gasteiger partial charge in [0.2, 0.25) is 5.91 Å². The summed E-state index contributed by atoms with van der Waals surface area (Å²) >= 11 is 0. The molecule has 2 atom stereocenters. The molecule has 0 aliphatic carbocycles. The third-order valence-corrected chi connectivity index (χ3v) is 6.02. The zero-order chi connectivity index (χ0) is 22.7. The first-order chi connectivity index (χ1) is 15.4. The van der Waals surface area contributed by atoms with E-state index in [1.807, 2.05) is 67.6 Å². The molecule has 3 aromatic carbocycles. The van der Waals surface area contributed by atoms with Gasteiger partial charge in [0.1, 0.15) is 12.1 Å². The van der Waals surface area contributed by atoms with Gasteiger partial charge >= 0.3 is 6.03 Å². The van der Waals surface area contributed by atoms with Gasteiger partial charge in [-0.25, -0.2) is 4.79 Å². The van der Waals surface area contributed by atoms with Gasteiger partial charge in [-0.1, -0.05) is 72.8 Å². The number of rotatable bonds is 7. The van der Waals surface area contributed by atoms with Gasteiger partial charge in [0.25, 0.3) is 5.91 Å². The number of imide groups is 1. The molecule has 32 heavy (non-hydrogen) atoms. The summed E-state index contributed by atoms with van der Waals surface area (Å²) in [6.45, 7) is 3.31. The standard InChI is InChI=1S/C26H27N3O3/c1-18(15-16-19-9-4-3-5-10-19)27-23(30)17-29-24(31)26(2,28-25(29)32)22-14-8-12-20-11-6-7-13-21(20)22/h3-14,18H,15-17H2,1-2H3,(H,27,30)(H,28,32). The molecule has 4 rings (SSSR count). The number of carbonyl (C=O) groups is 3. The molecule has 0 aromatic heterocycles. The lowest BCUT2D eigenvalue weighted by Crippen LogP contribution is -2.45. The van der Waals surface area contributed by atoms with Gasteiger partial charge in [-0.3, -0.25) is 14.5 Å². The topological polar surface area (TPSA) is 78.5 Å². The monoisotopic (exact) mass is 429 g/mol. The van der Waals surface area contributed by atoms with Gasteiger partial charge in [-0.2, -0.15) is 0 Å². The number of nitrogens with zero attached hydrogens (tertiary/aromatic N) is 1. The molecule has 4 amide bonds. The van der Waals surface area contributed by atoms with Crippen molar-refractivity contribution in [1.29, 1.82) is 0 Å². The average Bonchev–Trinajstić information content (AvgIpc) is 3.01. The summed E-state index contributed by atoms with van der Waals surface area (Å²) in [5.74, 6) is -0.776. The second-order valence-electron chi connectivity index (χ2n) is 8.47. The van der Waals surface area contributed by atoms with Crippen LogP contribution in [-0.2, 0) is 21.5 Å². The number of nitrogens with one attached hydrogen (secondary N) is 2. The third-order valence-electron chi connectivity index (χ3n) is 6.02. The van der Waals surface area contributed by atoms with E-state index in [1.54, 1.807) is 6.92 Å². The molecule has 1 fully saturated rings. The van der Waals surface area contributed by atoms with E-state index in [0.29, 0.717) is 5.56 Å². The molecule has 6 heteroatoms. The van der Waals surface area contributed by atoms with Gasteiger partial charge in [-0.05, 0) is 48.6 Å². The number of fused-ring (bicyclic) bond motifs is 1. The lowest BCUT2D eigenvalue weighted by molar-refractivity contribution is -0.135. The van der Waals surface area contributed by atoms with Crippen molar-refractivity contribution >= 4 is 28.6 Å². The minimum atomic E-state index is -1.23. The molecule has 1 saturated heterocycles. The Bertz CT molecular complexity index is 1160. The fraction of sp³-hybridized carbons (Fsp3) is 0.269. The molecule has 2 unspecified atom stereocenters. The fourth-order valence-electron chi connectivity index (χ4n) is 4.25. The van der Waals surface area contributed by atoms with Crippen molar-refractivity contribution in [2.24, 2.45) is 0 Å². The van der Waals surface area contributed by atoms with Gasteiger partial charge in [0, 0.05) is 6.04 Å². The average molecular weight is 430 g/mol. The Morgan fingerprint density at radius 2 is 1.69 bits per heavy atom. The molecule has 164 valence electrons. The van der Waals surface area contributed by atoms with Gasteiger partial charge in [0.05, 0.1) is 0 Å². The van der Waals surface area contributed by atoms with E-state index >= 15 is 0 Å². The third kappa shape index (κ3) is 4.21. The summed E-state index contributed by atoms with van der Waals surface area (Å²) < 4.78 is 0. The lowest BCUT2D eigenvalue weighted by Gasteiger charge is -2.24. The Hall–Kier alpha value is -3.67. The van der Waals surface area contributed by atoms with E-state index in [2.05, 4.69) is 22.8 Å². The fourth-order valence-corrected chi connectivity index (χ4v) is 4.25. The van der Waals surface area contributed by atoms with Crippen molar-refractivity contribution in [3.8, 4) is 0 Å². The van der Waals surface area contributed by atoms with E-state index in [1.165, 1.54) is 5.56 Å². The number of aryl methyl sites for hydroxylation is 1. The number of amides is 4. The molecule has 0 radical (unpaired) electrons. The van der Waals surface area contributed by atoms with E-state index in [4.69, 9.17) is 0 Å². The van der Waals surface area contributed by atoms with Crippen LogP contribution in [0.15, 0.2) is 72.8 Å². The number of carbonyl (C=O) groups excluding carboxylic acids is 3. The van der Waals surface area contributed by atoms with Crippen LogP contribution in [0.1, 0.15) is 31.4 Å². The van der Waals surface area contributed by atoms with Crippen molar-refractivity contribution in [1.82, 2.24) is 15.5 Å². The van der Waals surface area contributed by atoms with E-state index in [9.17, 15) is 14.4 Å². The highest BCUT2D eigenvalue weighted by Gasteiger charge is 2.50. The molecule has 1 aliphatic heterocycles. The van der Waals surface area contributed by atoms with Crippen molar-refractivity contribution in [2.75, 3.05) is 6.54 Å². The van der Waals surface area contributed by atoms with E-state index < -0.39 is 17.5 Å². The summed E-state index contributed by atoms with van der Waals surface area (Å²) in [5, 5.41) is 7.58. The van der Waals surface area contributed by atoms with Crippen LogP contribution < -0.4 is 10.6 Å². The molecule has 0 saturated carbocycles. The highest BCUT2D eigenvalue weighted by molar-refractivity contribution is 6.10. The SMILES string of the molecule is CC(CCc1ccccc1)NC(=O)CN1C(=O)NC(C)(c2cccc3ccccc23)C1=O. The molecular weight excluding hydrogens is 402 g/mol. The van der Waals surface area contributed by atoms with Crippen LogP contribution in [0.5, 0.6) is 0 Å². The van der Waals surface area contributed by atoms with Crippen molar-refractivity contribution < 1.29 is 14.4 Å². The van der Waals surface area contributed by atoms with Crippen LogP contribution in [0.2, 0.25) is 0 Å². The van der Waals surface area contributed by atoms with Crippen LogP contribution in [-0.4, -0.2) is 35.3 Å². The first-order valence-corrected chi connectivity index (χ1v) is 10.8. The first-order valence-electron chi connectivity index (χ1n) is 10.8. The summed E-state index contributed by atoms with van der Waals surface area (Å²) in [6, 6.07) is 22.8. The second-order valence-corrected chi connectivity index (χ2v) is 8.47. The molecule has 0 spiro atoms. The maximum Gasteiger partial charge on any atom is 0.325 e. The molecule has 2 N–H and O–H groups in total. The van der Waals surface area contributed by atoms with Crippen LogP contribution >= 0.6 is 0 Å². The Kier molecular flexibility index (Phi) is 5.95. The first kappa shape index (κ1) is 21.6. The highest BCUT2D eigenvalue weighted by atomic mass is 16.2. The minimum Gasteiger partial charge on any atom is -0.352 e. The zero-order valence-corrected chi connectivity index (χ0v) is 18.3. The molecule has 3 aromatic rings. The van der Waals surface area contributed by atoms with E-state index in [-0.39, 0.29) is 18.5 Å². The maximum atomic E-state index is 13.3. The number of hydrogen-bond donors (Lipinski definition) is 2. The minimum absolute atomic E-state index is 0.0760. The normalized spacial score (nSPS) is 19.1. The number of benzene rings is 3. The van der Waals surface area contributed by atoms with Gasteiger partial charge in [0.15, 0.2) is 0 Å². The van der Waals surface area contributed by atoms with Crippen LogP contribution in [0.3, 0.4) is 0 Å². The molecule has 1 heterocycles. The molecule has 6 nitrogen and oxygen atoms in total. The maximum absolute atomic E-state index is 13.3. The number of urea groups is 1. The molecular formula is C26H27N3O3. The molecule has 1 aliphatic rings. The molecule has 0 bridgehead atoms. The summed E-state index contributed by atoms with van der Waals surface area (Å²) in [7, 11) is 0. The Balaban J connectivity index is 1.43. The summed E-state index contributed by atoms with van der Waals surface area (Å²) in [6.07, 6.45) is 1.61. The Labute approximate surface area is 187 Å². The summed E-state index contributed by atoms with van der Waals surface area (Å²) in [4.78, 5) is 39.5. The quantitative estimate of drug-likeness (QED) is 0.562. The zero-order valence-electron chi connectivity index (χ0n) is 18.3. The Morgan fingerprint density at radius 1 is 1.00 bits per heavy atom. The van der Waals surface area contributed by atoms with Crippen molar-refractivity contribution in [3.63, 3.8) is 0 Å². The smallest absolute Gasteiger partial charge is 0.325 e. The van der Waals surface area contributed by atoms with E-state index in [0.717, 1.165) is 28.5 Å². The van der Waals surface area contributed by atoms with Crippen LogP contribution in [0, 0.1) is 0 Å². The van der Waals surface area contributed by atoms with Crippen LogP contribution in [0.25, 0.3) is 10.8 Å². The largest absolute Gasteiger partial charge is 0.352 e. The second kappa shape index (κ2) is 8.83. The predicted octanol–water partition coefficient (Wildman–Crippen LogP) is 3.74. The van der Waals surface area contributed by atoms with Crippen molar-refractivity contribution in [3.05, 3.63) is 83.9 Å². The highest BCUT2D eigenvalue weighted by Crippen LogP contribution is 2.33. The van der Waals surface area contributed by atoms with Crippen molar-refractivity contribution in [2.45, 2.75) is 38.3 Å². The predicted molar refractivity (Wildman–Crippen MR) is 124 cm³/mol. The summed E-state index contributed by atoms with van der Waals surface area (Å²) in [5.41, 5.74) is 0.693. The van der Waals surface area contributed by atoms with Gasteiger partial charge < -0.3 is 10.6 Å². The Morgan fingerprint density at radius 3 is 2.47 bits per heavy atom. The van der Waals surface area contributed by atoms with Crippen LogP contribution in [0.4, 0.5) is 4.79 Å². The number of hydrogen-bond acceptors (Lipinski definition) is 3.